The summed E-state index contributed by atoms with van der Waals surface area (Å²) in [6, 6.07) is -0.944. The van der Waals surface area contributed by atoms with Gasteiger partial charge in [-0.15, -0.1) is 0 Å². The first kappa shape index (κ1) is 34.1. The predicted octanol–water partition coefficient (Wildman–Crippen LogP) is 5.26. The van der Waals surface area contributed by atoms with Gasteiger partial charge in [0.1, 0.15) is 30.1 Å². The molecular formula is C30H54N2O6. The number of Topliss-reactive ketones (excluding diaryl/α,β-unsaturated/α-hetero) is 1. The number of ketones is 1. The minimum atomic E-state index is -0.642. The van der Waals surface area contributed by atoms with Crippen LogP contribution in [0, 0.1) is 11.8 Å². The predicted molar refractivity (Wildman–Crippen MR) is 150 cm³/mol. The summed E-state index contributed by atoms with van der Waals surface area (Å²) in [6.07, 6.45) is 10.4. The summed E-state index contributed by atoms with van der Waals surface area (Å²) >= 11 is 0. The van der Waals surface area contributed by atoms with Crippen molar-refractivity contribution < 1.29 is 28.7 Å². The molecule has 0 aliphatic heterocycles. The first-order valence-electron chi connectivity index (χ1n) is 14.9. The van der Waals surface area contributed by atoms with Gasteiger partial charge in [-0.2, -0.15) is 0 Å². The first-order chi connectivity index (χ1) is 18.0. The zero-order chi connectivity index (χ0) is 28.5. The van der Waals surface area contributed by atoms with Crippen LogP contribution in [0.25, 0.3) is 0 Å². The van der Waals surface area contributed by atoms with E-state index in [1.807, 2.05) is 13.8 Å². The molecule has 1 fully saturated rings. The van der Waals surface area contributed by atoms with Crippen LogP contribution in [0.5, 0.6) is 0 Å². The van der Waals surface area contributed by atoms with E-state index in [4.69, 9.17) is 9.47 Å². The van der Waals surface area contributed by atoms with E-state index in [2.05, 4.69) is 24.5 Å². The van der Waals surface area contributed by atoms with Gasteiger partial charge >= 0.3 is 11.9 Å². The normalized spacial score (nSPS) is 19.2. The Morgan fingerprint density at radius 1 is 0.684 bits per heavy atom. The molecule has 220 valence electrons. The van der Waals surface area contributed by atoms with Gasteiger partial charge in [-0.25, -0.2) is 4.79 Å². The van der Waals surface area contributed by atoms with E-state index in [0.29, 0.717) is 50.9 Å². The zero-order valence-electron chi connectivity index (χ0n) is 24.8. The highest BCUT2D eigenvalue weighted by atomic mass is 16.6. The van der Waals surface area contributed by atoms with Gasteiger partial charge in [0, 0.05) is 12.8 Å². The van der Waals surface area contributed by atoms with Crippen molar-refractivity contribution >= 4 is 23.6 Å². The molecule has 8 nitrogen and oxygen atoms in total. The minimum Gasteiger partial charge on any atom is -0.461 e. The fraction of sp³-hybridized carbons (Fsp3) is 0.867. The number of hydrogen-bond acceptors (Lipinski definition) is 7. The number of esters is 2. The molecule has 0 spiro atoms. The monoisotopic (exact) mass is 538 g/mol. The number of unbranched alkanes of at least 4 members (excludes halogenated alkanes) is 5. The molecule has 2 N–H and O–H groups in total. The molecule has 0 bridgehead atoms. The van der Waals surface area contributed by atoms with E-state index in [1.54, 1.807) is 14.0 Å². The van der Waals surface area contributed by atoms with Crippen molar-refractivity contribution in [3.05, 3.63) is 0 Å². The lowest BCUT2D eigenvalue weighted by molar-refractivity contribution is -0.161. The van der Waals surface area contributed by atoms with Gasteiger partial charge in [-0.05, 0) is 77.2 Å². The number of hydrogen-bond donors (Lipinski definition) is 2. The summed E-state index contributed by atoms with van der Waals surface area (Å²) in [5.41, 5.74) is 0. The first-order valence-corrected chi connectivity index (χ1v) is 14.9. The largest absolute Gasteiger partial charge is 0.461 e. The molecule has 1 amide bonds. The number of likely N-dealkylation sites (N-methyl/N-ethyl adjacent to an activating group) is 1. The molecule has 0 saturated heterocycles. The molecular weight excluding hydrogens is 484 g/mol. The van der Waals surface area contributed by atoms with E-state index in [0.717, 1.165) is 44.9 Å². The number of carbonyl (C=O) groups excluding carboxylic acids is 4. The molecule has 1 aliphatic rings. The SMILES string of the molecule is CNC(CC(C)C)C(=O)OC1CCC(OC(=O)C(CC(C)C)NC(=O)CCCCCCCCC(C)=O)CC1. The Hall–Kier alpha value is -1.96. The number of rotatable bonds is 19. The lowest BCUT2D eigenvalue weighted by Crippen LogP contribution is -2.44. The maximum atomic E-state index is 12.9. The molecule has 0 aromatic carbocycles. The Kier molecular flexibility index (Phi) is 17.2. The lowest BCUT2D eigenvalue weighted by Gasteiger charge is -2.30. The zero-order valence-corrected chi connectivity index (χ0v) is 24.8. The third-order valence-electron chi connectivity index (χ3n) is 7.04. The van der Waals surface area contributed by atoms with Crippen LogP contribution in [0.3, 0.4) is 0 Å². The summed E-state index contributed by atoms with van der Waals surface area (Å²) in [5, 5.41) is 5.95. The average Bonchev–Trinajstić information content (AvgIpc) is 2.84. The standard InChI is InChI=1S/C30H54N2O6/c1-21(2)19-26(31-6)29(35)37-24-15-17-25(18-16-24)38-30(36)27(20-22(3)4)32-28(34)14-12-10-8-7-9-11-13-23(5)33/h21-22,24-27,31H,7-20H2,1-6H3,(H,32,34). The van der Waals surface area contributed by atoms with Crippen molar-refractivity contribution in [1.29, 1.82) is 0 Å². The Balaban J connectivity index is 2.39. The van der Waals surface area contributed by atoms with Crippen LogP contribution in [0.1, 0.15) is 125 Å². The fourth-order valence-corrected chi connectivity index (χ4v) is 4.88. The molecule has 2 atom stereocenters. The van der Waals surface area contributed by atoms with Gasteiger partial charge < -0.3 is 24.9 Å². The van der Waals surface area contributed by atoms with Crippen molar-refractivity contribution in [3.8, 4) is 0 Å². The van der Waals surface area contributed by atoms with Gasteiger partial charge in [0.05, 0.1) is 0 Å². The second-order valence-corrected chi connectivity index (χ2v) is 11.8. The van der Waals surface area contributed by atoms with E-state index < -0.39 is 6.04 Å². The van der Waals surface area contributed by atoms with Gasteiger partial charge in [0.25, 0.3) is 0 Å². The highest BCUT2D eigenvalue weighted by Gasteiger charge is 2.31. The van der Waals surface area contributed by atoms with Crippen LogP contribution in [-0.4, -0.2) is 55.0 Å². The molecule has 1 rings (SSSR count). The van der Waals surface area contributed by atoms with E-state index in [1.165, 1.54) is 0 Å². The van der Waals surface area contributed by atoms with E-state index >= 15 is 0 Å². The van der Waals surface area contributed by atoms with Gasteiger partial charge in [0.15, 0.2) is 0 Å². The topological polar surface area (TPSA) is 111 Å². The molecule has 38 heavy (non-hydrogen) atoms. The van der Waals surface area contributed by atoms with Crippen LogP contribution in [0.4, 0.5) is 0 Å². The van der Waals surface area contributed by atoms with E-state index in [9.17, 15) is 19.2 Å². The molecule has 2 unspecified atom stereocenters. The van der Waals surface area contributed by atoms with E-state index in [-0.39, 0.29) is 47.8 Å². The van der Waals surface area contributed by atoms with Gasteiger partial charge in [-0.3, -0.25) is 9.59 Å². The Morgan fingerprint density at radius 3 is 1.55 bits per heavy atom. The van der Waals surface area contributed by atoms with Crippen molar-refractivity contribution in [1.82, 2.24) is 10.6 Å². The number of ether oxygens (including phenoxy) is 2. The van der Waals surface area contributed by atoms with Crippen molar-refractivity contribution in [2.24, 2.45) is 11.8 Å². The summed E-state index contributed by atoms with van der Waals surface area (Å²) in [4.78, 5) is 48.9. The molecule has 0 aromatic heterocycles. The van der Waals surface area contributed by atoms with Crippen molar-refractivity contribution in [3.63, 3.8) is 0 Å². The Labute approximate surface area is 230 Å². The number of amides is 1. The second-order valence-electron chi connectivity index (χ2n) is 11.8. The maximum Gasteiger partial charge on any atom is 0.328 e. The van der Waals surface area contributed by atoms with Gasteiger partial charge in [0.2, 0.25) is 5.91 Å². The summed E-state index contributed by atoms with van der Waals surface area (Å²) in [5.74, 6) is 0.178. The smallest absolute Gasteiger partial charge is 0.328 e. The maximum absolute atomic E-state index is 12.9. The summed E-state index contributed by atoms with van der Waals surface area (Å²) in [7, 11) is 1.78. The van der Waals surface area contributed by atoms with Crippen molar-refractivity contribution in [2.45, 2.75) is 149 Å². The molecule has 1 aliphatic carbocycles. The Bertz CT molecular complexity index is 716. The average molecular weight is 539 g/mol. The van der Waals surface area contributed by atoms with Crippen LogP contribution < -0.4 is 10.6 Å². The third-order valence-corrected chi connectivity index (χ3v) is 7.04. The Morgan fingerprint density at radius 2 is 1.11 bits per heavy atom. The molecule has 0 aromatic rings. The molecule has 0 heterocycles. The third kappa shape index (κ3) is 15.5. The molecule has 1 saturated carbocycles. The molecule has 8 heteroatoms. The fourth-order valence-electron chi connectivity index (χ4n) is 4.88. The highest BCUT2D eigenvalue weighted by Crippen LogP contribution is 2.25. The summed E-state index contributed by atoms with van der Waals surface area (Å²) < 4.78 is 11.5. The van der Waals surface area contributed by atoms with Crippen LogP contribution >= 0.6 is 0 Å². The highest BCUT2D eigenvalue weighted by molar-refractivity contribution is 5.84. The molecule has 0 radical (unpaired) electrons. The van der Waals surface area contributed by atoms with Crippen LogP contribution in [0.2, 0.25) is 0 Å². The van der Waals surface area contributed by atoms with Crippen molar-refractivity contribution in [2.75, 3.05) is 7.05 Å². The van der Waals surface area contributed by atoms with Crippen LogP contribution in [-0.2, 0) is 28.7 Å². The van der Waals surface area contributed by atoms with Crippen LogP contribution in [0.15, 0.2) is 0 Å². The lowest BCUT2D eigenvalue weighted by atomic mass is 9.94. The number of nitrogens with one attached hydrogen (secondary N) is 2. The second kappa shape index (κ2) is 19.2. The number of carbonyl (C=O) groups is 4. The minimum absolute atomic E-state index is 0.111. The quantitative estimate of drug-likeness (QED) is 0.170. The summed E-state index contributed by atoms with van der Waals surface area (Å²) in [6.45, 7) is 9.83. The van der Waals surface area contributed by atoms with Gasteiger partial charge in [-0.1, -0.05) is 53.4 Å².